The quantitative estimate of drug-likeness (QED) is 0.848. The maximum Gasteiger partial charge on any atom is 0.276 e. The van der Waals surface area contributed by atoms with Crippen LogP contribution in [0.4, 0.5) is 0 Å². The van der Waals surface area contributed by atoms with E-state index in [1.807, 2.05) is 17.9 Å². The molecule has 0 saturated carbocycles. The molecule has 0 N–H and O–H groups in total. The van der Waals surface area contributed by atoms with Crippen LogP contribution in [0.1, 0.15) is 64.9 Å². The Bertz CT molecular complexity index is 755. The van der Waals surface area contributed by atoms with Gasteiger partial charge in [-0.2, -0.15) is 0 Å². The van der Waals surface area contributed by atoms with Crippen molar-refractivity contribution in [3.63, 3.8) is 0 Å². The molecule has 0 spiro atoms. The summed E-state index contributed by atoms with van der Waals surface area (Å²) in [6, 6.07) is 1.96. The molecule has 1 aliphatic heterocycles. The molecule has 126 valence electrons. The number of piperidine rings is 1. The van der Waals surface area contributed by atoms with Gasteiger partial charge >= 0.3 is 0 Å². The lowest BCUT2D eigenvalue weighted by Crippen LogP contribution is -2.40. The molecule has 1 aliphatic carbocycles. The fourth-order valence-corrected chi connectivity index (χ4v) is 3.81. The average Bonchev–Trinajstić information content (AvgIpc) is 3.05. The third kappa shape index (κ3) is 2.81. The second-order valence-electron chi connectivity index (χ2n) is 6.76. The number of likely N-dealkylation sites (tertiary alicyclic amines) is 1. The van der Waals surface area contributed by atoms with Crippen LogP contribution in [-0.2, 0) is 12.8 Å². The maximum absolute atomic E-state index is 12.9. The van der Waals surface area contributed by atoms with Crippen molar-refractivity contribution in [3.05, 3.63) is 40.8 Å². The number of fused-ring (bicyclic) bond motifs is 1. The monoisotopic (exact) mass is 326 g/mol. The highest BCUT2D eigenvalue weighted by molar-refractivity contribution is 5.94. The number of carbonyl (C=O) groups is 1. The van der Waals surface area contributed by atoms with E-state index >= 15 is 0 Å². The summed E-state index contributed by atoms with van der Waals surface area (Å²) in [7, 11) is 0. The first-order chi connectivity index (χ1) is 11.7. The summed E-state index contributed by atoms with van der Waals surface area (Å²) in [6.45, 7) is 3.37. The first-order valence-corrected chi connectivity index (χ1v) is 8.78. The molecule has 0 radical (unpaired) electrons. The molecule has 3 heterocycles. The van der Waals surface area contributed by atoms with E-state index in [0.29, 0.717) is 12.2 Å². The second-order valence-corrected chi connectivity index (χ2v) is 6.76. The van der Waals surface area contributed by atoms with E-state index in [9.17, 15) is 4.79 Å². The number of aromatic nitrogens is 3. The van der Waals surface area contributed by atoms with Gasteiger partial charge in [-0.15, -0.1) is 0 Å². The van der Waals surface area contributed by atoms with Crippen LogP contribution in [0.3, 0.4) is 0 Å². The summed E-state index contributed by atoms with van der Waals surface area (Å²) in [6.07, 6.45) is 7.87. The second kappa shape index (κ2) is 6.34. The number of rotatable bonds is 2. The molecule has 0 aromatic carbocycles. The lowest BCUT2D eigenvalue weighted by atomic mass is 9.93. The minimum Gasteiger partial charge on any atom is -0.360 e. The summed E-state index contributed by atoms with van der Waals surface area (Å²) in [5.41, 5.74) is 2.60. The average molecular weight is 326 g/mol. The van der Waals surface area contributed by atoms with Crippen molar-refractivity contribution in [2.24, 2.45) is 0 Å². The topological polar surface area (TPSA) is 72.1 Å². The van der Waals surface area contributed by atoms with E-state index in [0.717, 1.165) is 67.9 Å². The van der Waals surface area contributed by atoms with Gasteiger partial charge in [0, 0.05) is 42.9 Å². The highest BCUT2D eigenvalue weighted by atomic mass is 16.5. The minimum absolute atomic E-state index is 0.0115. The SMILES string of the molecule is Cc1nccc(C2CCCN(C(=O)c3noc4c3CCCC4)C2)n1. The molecule has 0 bridgehead atoms. The van der Waals surface area contributed by atoms with Crippen LogP contribution in [0.15, 0.2) is 16.8 Å². The Hall–Kier alpha value is -2.24. The lowest BCUT2D eigenvalue weighted by Gasteiger charge is -2.32. The third-order valence-electron chi connectivity index (χ3n) is 5.08. The molecular formula is C18H22N4O2. The van der Waals surface area contributed by atoms with Crippen molar-refractivity contribution in [2.45, 2.75) is 51.4 Å². The fourth-order valence-electron chi connectivity index (χ4n) is 3.81. The standard InChI is InChI=1S/C18H22N4O2/c1-12-19-9-8-15(20-12)13-5-4-10-22(11-13)18(23)17-14-6-2-3-7-16(14)24-21-17/h8-9,13H,2-7,10-11H2,1H3. The smallest absolute Gasteiger partial charge is 0.276 e. The first kappa shape index (κ1) is 15.3. The molecule has 2 aliphatic rings. The zero-order valence-corrected chi connectivity index (χ0v) is 14.0. The van der Waals surface area contributed by atoms with Gasteiger partial charge in [0.15, 0.2) is 5.69 Å². The van der Waals surface area contributed by atoms with Crippen LogP contribution in [0.5, 0.6) is 0 Å². The zero-order chi connectivity index (χ0) is 16.5. The molecule has 1 fully saturated rings. The molecule has 1 saturated heterocycles. The van der Waals surface area contributed by atoms with E-state index in [1.54, 1.807) is 6.20 Å². The molecule has 2 aromatic heterocycles. The van der Waals surface area contributed by atoms with Crippen LogP contribution < -0.4 is 0 Å². The van der Waals surface area contributed by atoms with Gasteiger partial charge in [0.25, 0.3) is 5.91 Å². The maximum atomic E-state index is 12.9. The van der Waals surface area contributed by atoms with Crippen LogP contribution in [0.2, 0.25) is 0 Å². The third-order valence-corrected chi connectivity index (χ3v) is 5.08. The predicted octanol–water partition coefficient (Wildman–Crippen LogP) is 2.67. The molecule has 6 nitrogen and oxygen atoms in total. The van der Waals surface area contributed by atoms with Gasteiger partial charge in [-0.05, 0) is 45.1 Å². The molecule has 6 heteroatoms. The van der Waals surface area contributed by atoms with E-state index in [2.05, 4.69) is 15.1 Å². The number of nitrogens with zero attached hydrogens (tertiary/aromatic N) is 4. The molecule has 4 rings (SSSR count). The Morgan fingerprint density at radius 1 is 1.29 bits per heavy atom. The van der Waals surface area contributed by atoms with Crippen molar-refractivity contribution in [1.29, 1.82) is 0 Å². The number of hydrogen-bond donors (Lipinski definition) is 0. The Labute approximate surface area is 141 Å². The summed E-state index contributed by atoms with van der Waals surface area (Å²) in [5, 5.41) is 4.09. The normalized spacial score (nSPS) is 20.7. The van der Waals surface area contributed by atoms with Gasteiger partial charge in [0.2, 0.25) is 0 Å². The van der Waals surface area contributed by atoms with Gasteiger partial charge < -0.3 is 9.42 Å². The molecule has 1 amide bonds. The van der Waals surface area contributed by atoms with E-state index in [4.69, 9.17) is 4.52 Å². The van der Waals surface area contributed by atoms with E-state index in [-0.39, 0.29) is 11.8 Å². The Morgan fingerprint density at radius 3 is 3.04 bits per heavy atom. The zero-order valence-electron chi connectivity index (χ0n) is 14.0. The number of carbonyl (C=O) groups excluding carboxylic acids is 1. The van der Waals surface area contributed by atoms with Crippen molar-refractivity contribution in [2.75, 3.05) is 13.1 Å². The minimum atomic E-state index is 0.0115. The fraction of sp³-hybridized carbons (Fsp3) is 0.556. The molecule has 2 aromatic rings. The predicted molar refractivity (Wildman–Crippen MR) is 87.8 cm³/mol. The first-order valence-electron chi connectivity index (χ1n) is 8.78. The number of amides is 1. The molecular weight excluding hydrogens is 304 g/mol. The van der Waals surface area contributed by atoms with E-state index in [1.165, 1.54) is 0 Å². The number of aryl methyl sites for hydroxylation is 2. The number of hydrogen-bond acceptors (Lipinski definition) is 5. The van der Waals surface area contributed by atoms with Gasteiger partial charge in [0.05, 0.1) is 0 Å². The van der Waals surface area contributed by atoms with Crippen LogP contribution in [0.25, 0.3) is 0 Å². The Morgan fingerprint density at radius 2 is 2.17 bits per heavy atom. The lowest BCUT2D eigenvalue weighted by molar-refractivity contribution is 0.0694. The summed E-state index contributed by atoms with van der Waals surface area (Å²) >= 11 is 0. The molecule has 1 unspecified atom stereocenters. The largest absolute Gasteiger partial charge is 0.360 e. The summed E-state index contributed by atoms with van der Waals surface area (Å²) in [5.74, 6) is 1.97. The highest BCUT2D eigenvalue weighted by Gasteiger charge is 2.31. The van der Waals surface area contributed by atoms with Crippen LogP contribution in [0, 0.1) is 6.92 Å². The van der Waals surface area contributed by atoms with Gasteiger partial charge in [-0.25, -0.2) is 9.97 Å². The van der Waals surface area contributed by atoms with Crippen LogP contribution in [-0.4, -0.2) is 39.0 Å². The molecule has 1 atom stereocenters. The van der Waals surface area contributed by atoms with Crippen molar-refractivity contribution in [3.8, 4) is 0 Å². The highest BCUT2D eigenvalue weighted by Crippen LogP contribution is 2.29. The summed E-state index contributed by atoms with van der Waals surface area (Å²) in [4.78, 5) is 23.6. The van der Waals surface area contributed by atoms with Crippen molar-refractivity contribution in [1.82, 2.24) is 20.0 Å². The van der Waals surface area contributed by atoms with Gasteiger partial charge in [0.1, 0.15) is 11.6 Å². The van der Waals surface area contributed by atoms with Gasteiger partial charge in [-0.1, -0.05) is 5.16 Å². The van der Waals surface area contributed by atoms with E-state index < -0.39 is 0 Å². The van der Waals surface area contributed by atoms with Crippen molar-refractivity contribution < 1.29 is 9.32 Å². The van der Waals surface area contributed by atoms with Crippen molar-refractivity contribution >= 4 is 5.91 Å². The van der Waals surface area contributed by atoms with Crippen LogP contribution >= 0.6 is 0 Å². The Balaban J connectivity index is 1.54. The Kier molecular flexibility index (Phi) is 4.04. The van der Waals surface area contributed by atoms with Gasteiger partial charge in [-0.3, -0.25) is 4.79 Å². The molecule has 24 heavy (non-hydrogen) atoms. The summed E-state index contributed by atoms with van der Waals surface area (Å²) < 4.78 is 5.41.